The molecule has 0 saturated carbocycles. The van der Waals surface area contributed by atoms with Crippen molar-refractivity contribution in [2.75, 3.05) is 12.4 Å². The maximum atomic E-state index is 4.41. The SMILES string of the molecule is CCCCC(C)n1cc(C)nc1NC. The zero-order valence-electron chi connectivity index (χ0n) is 9.67. The van der Waals surface area contributed by atoms with Gasteiger partial charge in [0, 0.05) is 19.3 Å². The van der Waals surface area contributed by atoms with Gasteiger partial charge in [-0.25, -0.2) is 4.98 Å². The van der Waals surface area contributed by atoms with Crippen LogP contribution >= 0.6 is 0 Å². The highest BCUT2D eigenvalue weighted by Crippen LogP contribution is 2.20. The number of imidazole rings is 1. The topological polar surface area (TPSA) is 29.9 Å². The van der Waals surface area contributed by atoms with Gasteiger partial charge in [-0.2, -0.15) is 0 Å². The molecule has 0 amide bonds. The zero-order valence-corrected chi connectivity index (χ0v) is 9.67. The van der Waals surface area contributed by atoms with E-state index in [4.69, 9.17) is 0 Å². The first-order chi connectivity index (χ1) is 6.69. The van der Waals surface area contributed by atoms with Crippen molar-refractivity contribution < 1.29 is 0 Å². The minimum Gasteiger partial charge on any atom is -0.359 e. The van der Waals surface area contributed by atoms with Crippen LogP contribution in [-0.2, 0) is 0 Å². The summed E-state index contributed by atoms with van der Waals surface area (Å²) in [6.07, 6.45) is 5.88. The molecule has 3 heteroatoms. The molecule has 1 atom stereocenters. The Morgan fingerprint density at radius 1 is 1.57 bits per heavy atom. The fourth-order valence-electron chi connectivity index (χ4n) is 1.68. The molecule has 1 heterocycles. The van der Waals surface area contributed by atoms with E-state index in [2.05, 4.69) is 34.9 Å². The van der Waals surface area contributed by atoms with Gasteiger partial charge in [-0.15, -0.1) is 0 Å². The predicted molar refractivity (Wildman–Crippen MR) is 60.7 cm³/mol. The number of hydrogen-bond acceptors (Lipinski definition) is 2. The molecule has 1 N–H and O–H groups in total. The lowest BCUT2D eigenvalue weighted by molar-refractivity contribution is 0.489. The molecule has 0 bridgehead atoms. The maximum Gasteiger partial charge on any atom is 0.203 e. The summed E-state index contributed by atoms with van der Waals surface area (Å²) in [5, 5.41) is 3.13. The molecule has 0 spiro atoms. The van der Waals surface area contributed by atoms with Crippen molar-refractivity contribution in [2.24, 2.45) is 0 Å². The van der Waals surface area contributed by atoms with Gasteiger partial charge >= 0.3 is 0 Å². The van der Waals surface area contributed by atoms with Crippen molar-refractivity contribution in [3.63, 3.8) is 0 Å². The van der Waals surface area contributed by atoms with Crippen molar-refractivity contribution >= 4 is 5.95 Å². The van der Waals surface area contributed by atoms with Gasteiger partial charge in [-0.05, 0) is 20.3 Å². The summed E-state index contributed by atoms with van der Waals surface area (Å²) in [5.41, 5.74) is 1.08. The van der Waals surface area contributed by atoms with Crippen LogP contribution in [0.3, 0.4) is 0 Å². The summed E-state index contributed by atoms with van der Waals surface area (Å²) in [6, 6.07) is 0.540. The van der Waals surface area contributed by atoms with Crippen LogP contribution in [0.25, 0.3) is 0 Å². The molecule has 1 aromatic rings. The molecule has 0 aliphatic carbocycles. The molecule has 0 aliphatic rings. The average Bonchev–Trinajstić information content (AvgIpc) is 2.56. The first-order valence-electron chi connectivity index (χ1n) is 5.42. The second-order valence-corrected chi connectivity index (χ2v) is 3.85. The third kappa shape index (κ3) is 2.50. The Morgan fingerprint density at radius 2 is 2.29 bits per heavy atom. The normalized spacial score (nSPS) is 12.9. The van der Waals surface area contributed by atoms with Gasteiger partial charge in [-0.1, -0.05) is 19.8 Å². The number of unbranched alkanes of at least 4 members (excludes halogenated alkanes) is 1. The van der Waals surface area contributed by atoms with Crippen LogP contribution in [0.4, 0.5) is 5.95 Å². The van der Waals surface area contributed by atoms with Crippen LogP contribution in [0.2, 0.25) is 0 Å². The van der Waals surface area contributed by atoms with E-state index < -0.39 is 0 Å². The smallest absolute Gasteiger partial charge is 0.203 e. The van der Waals surface area contributed by atoms with Crippen molar-refractivity contribution in [3.05, 3.63) is 11.9 Å². The van der Waals surface area contributed by atoms with Crippen molar-refractivity contribution in [2.45, 2.75) is 46.1 Å². The lowest BCUT2D eigenvalue weighted by Gasteiger charge is -2.15. The molecular formula is C11H21N3. The minimum absolute atomic E-state index is 0.540. The third-order valence-electron chi connectivity index (χ3n) is 2.53. The van der Waals surface area contributed by atoms with E-state index in [1.807, 2.05) is 14.0 Å². The van der Waals surface area contributed by atoms with E-state index in [1.54, 1.807) is 0 Å². The fourth-order valence-corrected chi connectivity index (χ4v) is 1.68. The highest BCUT2D eigenvalue weighted by Gasteiger charge is 2.09. The lowest BCUT2D eigenvalue weighted by atomic mass is 10.1. The monoisotopic (exact) mass is 195 g/mol. The van der Waals surface area contributed by atoms with E-state index in [0.29, 0.717) is 6.04 Å². The fraction of sp³-hybridized carbons (Fsp3) is 0.727. The standard InChI is InChI=1S/C11H21N3/c1-5-6-7-10(3)14-8-9(2)13-11(14)12-4/h8,10H,5-7H2,1-4H3,(H,12,13). The summed E-state index contributed by atoms with van der Waals surface area (Å²) >= 11 is 0. The van der Waals surface area contributed by atoms with Crippen molar-refractivity contribution in [1.82, 2.24) is 9.55 Å². The van der Waals surface area contributed by atoms with Gasteiger partial charge in [0.1, 0.15) is 0 Å². The van der Waals surface area contributed by atoms with Gasteiger partial charge < -0.3 is 9.88 Å². The first kappa shape index (κ1) is 11.1. The molecule has 3 nitrogen and oxygen atoms in total. The van der Waals surface area contributed by atoms with E-state index in [9.17, 15) is 0 Å². The Hall–Kier alpha value is -0.990. The van der Waals surface area contributed by atoms with E-state index in [0.717, 1.165) is 11.6 Å². The number of nitrogens with zero attached hydrogens (tertiary/aromatic N) is 2. The number of aromatic nitrogens is 2. The molecule has 1 aromatic heterocycles. The second kappa shape index (κ2) is 5.03. The molecular weight excluding hydrogens is 174 g/mol. The van der Waals surface area contributed by atoms with E-state index in [-0.39, 0.29) is 0 Å². The quantitative estimate of drug-likeness (QED) is 0.782. The predicted octanol–water partition coefficient (Wildman–Crippen LogP) is 2.98. The Morgan fingerprint density at radius 3 is 2.86 bits per heavy atom. The summed E-state index contributed by atoms with van der Waals surface area (Å²) in [5.74, 6) is 0.978. The molecule has 1 unspecified atom stereocenters. The second-order valence-electron chi connectivity index (χ2n) is 3.85. The zero-order chi connectivity index (χ0) is 10.6. The van der Waals surface area contributed by atoms with Crippen LogP contribution in [0.15, 0.2) is 6.20 Å². The molecule has 1 rings (SSSR count). The third-order valence-corrected chi connectivity index (χ3v) is 2.53. The van der Waals surface area contributed by atoms with Gasteiger partial charge in [0.05, 0.1) is 5.69 Å². The minimum atomic E-state index is 0.540. The molecule has 0 radical (unpaired) electrons. The Labute approximate surface area is 86.5 Å². The summed E-state index contributed by atoms with van der Waals surface area (Å²) in [7, 11) is 1.92. The summed E-state index contributed by atoms with van der Waals surface area (Å²) in [4.78, 5) is 4.41. The van der Waals surface area contributed by atoms with Crippen LogP contribution < -0.4 is 5.32 Å². The first-order valence-corrected chi connectivity index (χ1v) is 5.42. The Kier molecular flexibility index (Phi) is 3.98. The van der Waals surface area contributed by atoms with Crippen molar-refractivity contribution in [1.29, 1.82) is 0 Å². The highest BCUT2D eigenvalue weighted by molar-refractivity contribution is 5.28. The Balaban J connectivity index is 2.72. The van der Waals surface area contributed by atoms with Gasteiger partial charge in [0.15, 0.2) is 0 Å². The average molecular weight is 195 g/mol. The van der Waals surface area contributed by atoms with Gasteiger partial charge in [0.2, 0.25) is 5.95 Å². The van der Waals surface area contributed by atoms with Gasteiger partial charge in [0.25, 0.3) is 0 Å². The summed E-state index contributed by atoms with van der Waals surface area (Å²) in [6.45, 7) is 6.51. The van der Waals surface area contributed by atoms with Gasteiger partial charge in [-0.3, -0.25) is 0 Å². The largest absolute Gasteiger partial charge is 0.359 e. The number of hydrogen-bond donors (Lipinski definition) is 1. The molecule has 0 aromatic carbocycles. The number of aryl methyl sites for hydroxylation is 1. The number of anilines is 1. The summed E-state index contributed by atoms with van der Waals surface area (Å²) < 4.78 is 2.23. The van der Waals surface area contributed by atoms with Crippen molar-refractivity contribution in [3.8, 4) is 0 Å². The van der Waals surface area contributed by atoms with Crippen LogP contribution in [0.1, 0.15) is 44.8 Å². The molecule has 0 saturated heterocycles. The molecule has 0 aliphatic heterocycles. The highest BCUT2D eigenvalue weighted by atomic mass is 15.2. The van der Waals surface area contributed by atoms with Crippen LogP contribution in [0, 0.1) is 6.92 Å². The molecule has 14 heavy (non-hydrogen) atoms. The number of nitrogens with one attached hydrogen (secondary N) is 1. The lowest BCUT2D eigenvalue weighted by Crippen LogP contribution is -2.07. The van der Waals surface area contributed by atoms with Crippen LogP contribution in [-0.4, -0.2) is 16.6 Å². The number of rotatable bonds is 5. The van der Waals surface area contributed by atoms with Crippen LogP contribution in [0.5, 0.6) is 0 Å². The van der Waals surface area contributed by atoms with E-state index in [1.165, 1.54) is 19.3 Å². The Bertz CT molecular complexity index is 278. The van der Waals surface area contributed by atoms with E-state index >= 15 is 0 Å². The molecule has 0 fully saturated rings. The maximum absolute atomic E-state index is 4.41. The molecule has 80 valence electrons.